The predicted octanol–water partition coefficient (Wildman–Crippen LogP) is 1.70. The Bertz CT molecular complexity index is 607. The monoisotopic (exact) mass is 261 g/mol. The molecule has 1 amide bonds. The van der Waals surface area contributed by atoms with Crippen molar-refractivity contribution in [2.75, 3.05) is 5.73 Å². The summed E-state index contributed by atoms with van der Waals surface area (Å²) in [6, 6.07) is 7.13. The summed E-state index contributed by atoms with van der Waals surface area (Å²) in [7, 11) is 0. The first-order valence-corrected chi connectivity index (χ1v) is 5.42. The van der Waals surface area contributed by atoms with Gasteiger partial charge in [-0.1, -0.05) is 0 Å². The molecule has 1 aromatic heterocycles. The molecule has 7 nitrogen and oxygen atoms in total. The average Bonchev–Trinajstić information content (AvgIpc) is 2.89. The Labute approximate surface area is 108 Å². The van der Waals surface area contributed by atoms with Crippen LogP contribution in [-0.2, 0) is 6.54 Å². The van der Waals surface area contributed by atoms with Gasteiger partial charge in [0.15, 0.2) is 0 Å². The van der Waals surface area contributed by atoms with Crippen LogP contribution in [0.1, 0.15) is 16.1 Å². The minimum absolute atomic E-state index is 0.0701. The summed E-state index contributed by atoms with van der Waals surface area (Å²) in [5.41, 5.74) is 5.70. The molecule has 2 rings (SSSR count). The molecule has 0 spiro atoms. The third-order valence-electron chi connectivity index (χ3n) is 2.50. The Kier molecular flexibility index (Phi) is 3.46. The zero-order chi connectivity index (χ0) is 13.8. The molecule has 0 bridgehead atoms. The van der Waals surface area contributed by atoms with E-state index in [9.17, 15) is 14.9 Å². The Morgan fingerprint density at radius 3 is 2.84 bits per heavy atom. The van der Waals surface area contributed by atoms with E-state index in [-0.39, 0.29) is 23.5 Å². The van der Waals surface area contributed by atoms with E-state index in [1.54, 1.807) is 12.1 Å². The molecule has 0 radical (unpaired) electrons. The maximum Gasteiger partial charge on any atom is 0.270 e. The molecule has 0 fully saturated rings. The molecule has 1 heterocycles. The minimum atomic E-state index is -0.581. The number of nitrogen functional groups attached to an aromatic ring is 1. The topological polar surface area (TPSA) is 111 Å². The lowest BCUT2D eigenvalue weighted by Crippen LogP contribution is -2.23. The van der Waals surface area contributed by atoms with Crippen LogP contribution in [0, 0.1) is 10.1 Å². The fraction of sp³-hybridized carbons (Fsp3) is 0.0833. The molecular weight excluding hydrogens is 250 g/mol. The molecule has 19 heavy (non-hydrogen) atoms. The lowest BCUT2D eigenvalue weighted by atomic mass is 10.1. The van der Waals surface area contributed by atoms with E-state index < -0.39 is 10.8 Å². The first-order valence-electron chi connectivity index (χ1n) is 5.42. The molecule has 0 atom stereocenters. The van der Waals surface area contributed by atoms with Crippen molar-refractivity contribution in [3.63, 3.8) is 0 Å². The van der Waals surface area contributed by atoms with Gasteiger partial charge >= 0.3 is 0 Å². The van der Waals surface area contributed by atoms with Gasteiger partial charge < -0.3 is 15.5 Å². The zero-order valence-corrected chi connectivity index (χ0v) is 9.83. The molecule has 1 aromatic carbocycles. The van der Waals surface area contributed by atoms with Gasteiger partial charge in [-0.15, -0.1) is 0 Å². The van der Waals surface area contributed by atoms with Gasteiger partial charge in [0.2, 0.25) is 0 Å². The predicted molar refractivity (Wildman–Crippen MR) is 67.4 cm³/mol. The van der Waals surface area contributed by atoms with Gasteiger partial charge in [0.1, 0.15) is 5.76 Å². The van der Waals surface area contributed by atoms with Crippen LogP contribution in [0.15, 0.2) is 41.0 Å². The van der Waals surface area contributed by atoms with E-state index >= 15 is 0 Å². The van der Waals surface area contributed by atoms with Crippen LogP contribution in [-0.4, -0.2) is 10.8 Å². The van der Waals surface area contributed by atoms with E-state index in [1.807, 2.05) is 0 Å². The van der Waals surface area contributed by atoms with Crippen molar-refractivity contribution >= 4 is 17.3 Å². The van der Waals surface area contributed by atoms with E-state index in [2.05, 4.69) is 5.32 Å². The van der Waals surface area contributed by atoms with E-state index in [0.717, 1.165) is 6.07 Å². The number of nitro groups is 1. The van der Waals surface area contributed by atoms with Crippen molar-refractivity contribution in [2.45, 2.75) is 6.54 Å². The van der Waals surface area contributed by atoms with Gasteiger partial charge in [0, 0.05) is 17.8 Å². The van der Waals surface area contributed by atoms with Crippen LogP contribution < -0.4 is 11.1 Å². The minimum Gasteiger partial charge on any atom is -0.467 e. The fourth-order valence-corrected chi connectivity index (χ4v) is 1.53. The van der Waals surface area contributed by atoms with Crippen LogP contribution in [0.5, 0.6) is 0 Å². The third-order valence-corrected chi connectivity index (χ3v) is 2.50. The number of carbonyl (C=O) groups excluding carboxylic acids is 1. The number of nitro benzene ring substituents is 1. The maximum atomic E-state index is 11.9. The molecular formula is C12H11N3O4. The first kappa shape index (κ1) is 12.6. The smallest absolute Gasteiger partial charge is 0.270 e. The van der Waals surface area contributed by atoms with Crippen LogP contribution in [0.25, 0.3) is 0 Å². The Morgan fingerprint density at radius 2 is 2.21 bits per heavy atom. The number of non-ortho nitro benzene ring substituents is 1. The zero-order valence-electron chi connectivity index (χ0n) is 9.83. The van der Waals surface area contributed by atoms with Crippen molar-refractivity contribution in [1.29, 1.82) is 0 Å². The van der Waals surface area contributed by atoms with Gasteiger partial charge in [-0.2, -0.15) is 0 Å². The Morgan fingerprint density at radius 1 is 1.42 bits per heavy atom. The molecule has 7 heteroatoms. The number of nitrogens with two attached hydrogens (primary N) is 1. The summed E-state index contributed by atoms with van der Waals surface area (Å²) in [6.45, 7) is 0.188. The summed E-state index contributed by atoms with van der Waals surface area (Å²) in [5.74, 6) is 0.0925. The number of nitrogens with one attached hydrogen (secondary N) is 1. The van der Waals surface area contributed by atoms with Crippen LogP contribution in [0.4, 0.5) is 11.4 Å². The molecule has 2 aromatic rings. The highest BCUT2D eigenvalue weighted by Gasteiger charge is 2.15. The molecule has 0 saturated carbocycles. The quantitative estimate of drug-likeness (QED) is 0.494. The number of anilines is 1. The number of benzene rings is 1. The second kappa shape index (κ2) is 5.21. The van der Waals surface area contributed by atoms with Crippen molar-refractivity contribution in [1.82, 2.24) is 5.32 Å². The van der Waals surface area contributed by atoms with Gasteiger partial charge in [-0.05, 0) is 18.2 Å². The molecule has 0 saturated heterocycles. The van der Waals surface area contributed by atoms with Crippen molar-refractivity contribution in [3.05, 3.63) is 58.0 Å². The average molecular weight is 261 g/mol. The lowest BCUT2D eigenvalue weighted by Gasteiger charge is -2.06. The fourth-order valence-electron chi connectivity index (χ4n) is 1.53. The number of rotatable bonds is 4. The van der Waals surface area contributed by atoms with Gasteiger partial charge in [-0.25, -0.2) is 0 Å². The van der Waals surface area contributed by atoms with Crippen molar-refractivity contribution in [3.8, 4) is 0 Å². The van der Waals surface area contributed by atoms with Gasteiger partial charge in [0.05, 0.1) is 23.3 Å². The molecule has 3 N–H and O–H groups in total. The van der Waals surface area contributed by atoms with Gasteiger partial charge in [0.25, 0.3) is 11.6 Å². The van der Waals surface area contributed by atoms with Crippen molar-refractivity contribution in [2.24, 2.45) is 0 Å². The van der Waals surface area contributed by atoms with Gasteiger partial charge in [-0.3, -0.25) is 14.9 Å². The Balaban J connectivity index is 2.14. The standard InChI is InChI=1S/C12H11N3O4/c13-11-4-3-8(15(17)18)6-10(11)12(16)14-7-9-2-1-5-19-9/h1-6H,7,13H2,(H,14,16). The number of amides is 1. The normalized spacial score (nSPS) is 10.1. The first-order chi connectivity index (χ1) is 9.08. The Hall–Kier alpha value is -2.83. The summed E-state index contributed by atoms with van der Waals surface area (Å²) >= 11 is 0. The second-order valence-corrected chi connectivity index (χ2v) is 3.79. The second-order valence-electron chi connectivity index (χ2n) is 3.79. The SMILES string of the molecule is Nc1ccc([N+](=O)[O-])cc1C(=O)NCc1ccco1. The summed E-state index contributed by atoms with van der Waals surface area (Å²) in [4.78, 5) is 21.9. The lowest BCUT2D eigenvalue weighted by molar-refractivity contribution is -0.384. The molecule has 0 aliphatic rings. The third kappa shape index (κ3) is 2.89. The molecule has 0 unspecified atom stereocenters. The molecule has 0 aliphatic carbocycles. The van der Waals surface area contributed by atoms with E-state index in [4.69, 9.17) is 10.2 Å². The summed E-state index contributed by atoms with van der Waals surface area (Å²) in [6.07, 6.45) is 1.49. The van der Waals surface area contributed by atoms with Crippen LogP contribution in [0.2, 0.25) is 0 Å². The van der Waals surface area contributed by atoms with E-state index in [1.165, 1.54) is 18.4 Å². The number of hydrogen-bond donors (Lipinski definition) is 2. The highest BCUT2D eigenvalue weighted by molar-refractivity contribution is 5.99. The largest absolute Gasteiger partial charge is 0.467 e. The van der Waals surface area contributed by atoms with E-state index in [0.29, 0.717) is 5.76 Å². The van der Waals surface area contributed by atoms with Crippen LogP contribution >= 0.6 is 0 Å². The highest BCUT2D eigenvalue weighted by atomic mass is 16.6. The maximum absolute atomic E-state index is 11.9. The highest BCUT2D eigenvalue weighted by Crippen LogP contribution is 2.19. The molecule has 0 aliphatic heterocycles. The number of nitrogens with zero attached hydrogens (tertiary/aromatic N) is 1. The number of carbonyl (C=O) groups is 1. The number of furan rings is 1. The van der Waals surface area contributed by atoms with Crippen LogP contribution in [0.3, 0.4) is 0 Å². The summed E-state index contributed by atoms with van der Waals surface area (Å²) < 4.78 is 5.06. The summed E-state index contributed by atoms with van der Waals surface area (Å²) in [5, 5.41) is 13.2. The molecule has 98 valence electrons. The number of hydrogen-bond acceptors (Lipinski definition) is 5. The van der Waals surface area contributed by atoms with Crippen molar-refractivity contribution < 1.29 is 14.1 Å².